The first-order chi connectivity index (χ1) is 11.3. The topological polar surface area (TPSA) is 53.2 Å². The van der Waals surface area contributed by atoms with Gasteiger partial charge in [-0.1, -0.05) is 28.1 Å². The number of nitrogens with one attached hydrogen (secondary N) is 2. The Kier molecular flexibility index (Phi) is 6.21. The van der Waals surface area contributed by atoms with Crippen LogP contribution in [0.3, 0.4) is 0 Å². The van der Waals surface area contributed by atoms with Crippen LogP contribution in [-0.4, -0.2) is 54.3 Å². The van der Waals surface area contributed by atoms with E-state index in [9.17, 15) is 0 Å². The molecule has 0 saturated carbocycles. The lowest BCUT2D eigenvalue weighted by atomic mass is 10.2. The minimum atomic E-state index is 0.775. The number of H-pyrrole nitrogens is 1. The van der Waals surface area contributed by atoms with Gasteiger partial charge in [-0.05, 0) is 31.6 Å². The molecule has 1 aliphatic heterocycles. The van der Waals surface area contributed by atoms with Crippen LogP contribution in [0.25, 0.3) is 11.3 Å². The van der Waals surface area contributed by atoms with Crippen LogP contribution in [0.2, 0.25) is 0 Å². The Labute approximate surface area is 145 Å². The molecule has 1 aromatic heterocycles. The van der Waals surface area contributed by atoms with Crippen LogP contribution in [0.15, 0.2) is 34.9 Å². The van der Waals surface area contributed by atoms with E-state index >= 15 is 0 Å². The number of rotatable bonds is 7. The molecule has 1 aromatic carbocycles. The Morgan fingerprint density at radius 1 is 1.30 bits per heavy atom. The standard InChI is InChI=1S/C17H23BrN4O/c18-15-4-1-3-14(11-15)16-12-20-17(21-16)13-19-5-2-6-22-7-9-23-10-8-22/h1,3-4,11-12,19H,2,5-10,13H2,(H,20,21). The Morgan fingerprint density at radius 2 is 2.17 bits per heavy atom. The molecule has 0 atom stereocenters. The maximum Gasteiger partial charge on any atom is 0.120 e. The SMILES string of the molecule is Brc1cccc(-c2cnc(CNCCCN3CCOCC3)[nH]2)c1. The third-order valence-electron chi connectivity index (χ3n) is 3.99. The minimum absolute atomic E-state index is 0.775. The predicted molar refractivity (Wildman–Crippen MR) is 95.3 cm³/mol. The lowest BCUT2D eigenvalue weighted by Crippen LogP contribution is -2.37. The number of ether oxygens (including phenoxy) is 1. The number of hydrogen-bond donors (Lipinski definition) is 2. The number of halogens is 1. The molecule has 6 heteroatoms. The van der Waals surface area contributed by atoms with Crippen molar-refractivity contribution in [3.05, 3.63) is 40.8 Å². The summed E-state index contributed by atoms with van der Waals surface area (Å²) in [6.45, 7) is 6.79. The van der Waals surface area contributed by atoms with E-state index in [4.69, 9.17) is 4.74 Å². The van der Waals surface area contributed by atoms with E-state index < -0.39 is 0 Å². The van der Waals surface area contributed by atoms with E-state index in [-0.39, 0.29) is 0 Å². The van der Waals surface area contributed by atoms with Crippen molar-refractivity contribution in [1.82, 2.24) is 20.2 Å². The normalized spacial score (nSPS) is 15.9. The van der Waals surface area contributed by atoms with Crippen molar-refractivity contribution in [1.29, 1.82) is 0 Å². The van der Waals surface area contributed by atoms with Gasteiger partial charge < -0.3 is 15.0 Å². The van der Waals surface area contributed by atoms with Crippen LogP contribution in [-0.2, 0) is 11.3 Å². The number of imidazole rings is 1. The number of benzene rings is 1. The van der Waals surface area contributed by atoms with Gasteiger partial charge in [0.05, 0.1) is 31.6 Å². The lowest BCUT2D eigenvalue weighted by molar-refractivity contribution is 0.0374. The van der Waals surface area contributed by atoms with Crippen molar-refractivity contribution in [2.45, 2.75) is 13.0 Å². The largest absolute Gasteiger partial charge is 0.379 e. The van der Waals surface area contributed by atoms with E-state index in [2.05, 4.69) is 48.2 Å². The highest BCUT2D eigenvalue weighted by Gasteiger charge is 2.09. The molecular formula is C17H23BrN4O. The maximum absolute atomic E-state index is 5.36. The van der Waals surface area contributed by atoms with E-state index in [1.54, 1.807) is 0 Å². The van der Waals surface area contributed by atoms with Gasteiger partial charge in [0, 0.05) is 23.1 Å². The highest BCUT2D eigenvalue weighted by atomic mass is 79.9. The van der Waals surface area contributed by atoms with Crippen molar-refractivity contribution in [2.24, 2.45) is 0 Å². The van der Waals surface area contributed by atoms with E-state index in [0.29, 0.717) is 0 Å². The maximum atomic E-state index is 5.36. The third-order valence-corrected chi connectivity index (χ3v) is 4.48. The number of aromatic nitrogens is 2. The molecular weight excluding hydrogens is 356 g/mol. The molecule has 0 radical (unpaired) electrons. The summed E-state index contributed by atoms with van der Waals surface area (Å²) in [4.78, 5) is 10.3. The second kappa shape index (κ2) is 8.59. The van der Waals surface area contributed by atoms with Crippen molar-refractivity contribution in [2.75, 3.05) is 39.4 Å². The van der Waals surface area contributed by atoms with E-state index in [1.807, 2.05) is 18.3 Å². The molecule has 2 heterocycles. The number of aromatic amines is 1. The van der Waals surface area contributed by atoms with E-state index in [1.165, 1.54) is 0 Å². The number of hydrogen-bond acceptors (Lipinski definition) is 4. The summed E-state index contributed by atoms with van der Waals surface area (Å²) in [5, 5.41) is 3.46. The highest BCUT2D eigenvalue weighted by molar-refractivity contribution is 9.10. The van der Waals surface area contributed by atoms with Gasteiger partial charge >= 0.3 is 0 Å². The zero-order chi connectivity index (χ0) is 15.9. The van der Waals surface area contributed by atoms with Gasteiger partial charge in [-0.25, -0.2) is 4.98 Å². The molecule has 0 amide bonds. The van der Waals surface area contributed by atoms with Crippen molar-refractivity contribution >= 4 is 15.9 Å². The fourth-order valence-corrected chi connectivity index (χ4v) is 3.11. The molecule has 0 aliphatic carbocycles. The third kappa shape index (κ3) is 5.14. The molecule has 0 bridgehead atoms. The van der Waals surface area contributed by atoms with E-state index in [0.717, 1.165) is 73.9 Å². The summed E-state index contributed by atoms with van der Waals surface area (Å²) in [6.07, 6.45) is 3.05. The zero-order valence-electron chi connectivity index (χ0n) is 13.2. The Morgan fingerprint density at radius 3 is 3.00 bits per heavy atom. The van der Waals surface area contributed by atoms with Crippen LogP contribution in [0.5, 0.6) is 0 Å². The van der Waals surface area contributed by atoms with Gasteiger partial charge in [-0.15, -0.1) is 0 Å². The number of morpholine rings is 1. The summed E-state index contributed by atoms with van der Waals surface area (Å²) in [7, 11) is 0. The minimum Gasteiger partial charge on any atom is -0.379 e. The van der Waals surface area contributed by atoms with Gasteiger partial charge in [0.15, 0.2) is 0 Å². The van der Waals surface area contributed by atoms with Crippen LogP contribution < -0.4 is 5.32 Å². The molecule has 0 spiro atoms. The summed E-state index contributed by atoms with van der Waals surface area (Å²) >= 11 is 3.50. The molecule has 23 heavy (non-hydrogen) atoms. The van der Waals surface area contributed by atoms with Gasteiger partial charge in [0.1, 0.15) is 5.82 Å². The fraction of sp³-hybridized carbons (Fsp3) is 0.471. The van der Waals surface area contributed by atoms with Crippen LogP contribution in [0, 0.1) is 0 Å². The molecule has 2 N–H and O–H groups in total. The molecule has 2 aromatic rings. The summed E-state index contributed by atoms with van der Waals surface area (Å²) in [5.41, 5.74) is 2.20. The first-order valence-electron chi connectivity index (χ1n) is 8.12. The average Bonchev–Trinajstić information content (AvgIpc) is 3.04. The highest BCUT2D eigenvalue weighted by Crippen LogP contribution is 2.21. The molecule has 1 fully saturated rings. The second-order valence-electron chi connectivity index (χ2n) is 5.74. The fourth-order valence-electron chi connectivity index (χ4n) is 2.71. The molecule has 3 rings (SSSR count). The number of nitrogens with zero attached hydrogens (tertiary/aromatic N) is 2. The van der Waals surface area contributed by atoms with Crippen LogP contribution in [0.4, 0.5) is 0 Å². The van der Waals surface area contributed by atoms with Gasteiger partial charge in [0.2, 0.25) is 0 Å². The summed E-state index contributed by atoms with van der Waals surface area (Å²) in [5.74, 6) is 0.978. The Balaban J connectivity index is 1.39. The van der Waals surface area contributed by atoms with Crippen molar-refractivity contribution < 1.29 is 4.74 Å². The van der Waals surface area contributed by atoms with Gasteiger partial charge in [-0.2, -0.15) is 0 Å². The van der Waals surface area contributed by atoms with Gasteiger partial charge in [-0.3, -0.25) is 4.90 Å². The van der Waals surface area contributed by atoms with Crippen molar-refractivity contribution in [3.63, 3.8) is 0 Å². The first-order valence-corrected chi connectivity index (χ1v) is 8.91. The molecule has 5 nitrogen and oxygen atoms in total. The monoisotopic (exact) mass is 378 g/mol. The molecule has 0 unspecified atom stereocenters. The molecule has 124 valence electrons. The van der Waals surface area contributed by atoms with Crippen molar-refractivity contribution in [3.8, 4) is 11.3 Å². The second-order valence-corrected chi connectivity index (χ2v) is 6.65. The zero-order valence-corrected chi connectivity index (χ0v) is 14.8. The molecule has 1 saturated heterocycles. The van der Waals surface area contributed by atoms with Crippen LogP contribution in [0.1, 0.15) is 12.2 Å². The van der Waals surface area contributed by atoms with Crippen LogP contribution >= 0.6 is 15.9 Å². The summed E-state index contributed by atoms with van der Waals surface area (Å²) < 4.78 is 6.43. The quantitative estimate of drug-likeness (QED) is 0.727. The predicted octanol–water partition coefficient (Wildman–Crippen LogP) is 2.65. The smallest absolute Gasteiger partial charge is 0.120 e. The Hall–Kier alpha value is -1.21. The molecule has 1 aliphatic rings. The summed E-state index contributed by atoms with van der Waals surface area (Å²) in [6, 6.07) is 8.23. The lowest BCUT2D eigenvalue weighted by Gasteiger charge is -2.26. The van der Waals surface area contributed by atoms with Gasteiger partial charge in [0.25, 0.3) is 0 Å². The average molecular weight is 379 g/mol. The first kappa shape index (κ1) is 16.6. The Bertz CT molecular complexity index is 610.